The van der Waals surface area contributed by atoms with Crippen molar-refractivity contribution >= 4 is 17.7 Å². The molecule has 0 aromatic heterocycles. The zero-order valence-corrected chi connectivity index (χ0v) is 18.9. The molecule has 2 fully saturated rings. The Labute approximate surface area is 189 Å². The normalized spacial score (nSPS) is 30.1. The van der Waals surface area contributed by atoms with E-state index < -0.39 is 0 Å². The van der Waals surface area contributed by atoms with Crippen LogP contribution in [0.15, 0.2) is 30.0 Å². The molecule has 1 amide bonds. The number of ether oxygens (including phenoxy) is 1. The van der Waals surface area contributed by atoms with Gasteiger partial charge in [0.25, 0.3) is 0 Å². The molecule has 32 heavy (non-hydrogen) atoms. The topological polar surface area (TPSA) is 85.7 Å². The summed E-state index contributed by atoms with van der Waals surface area (Å²) in [5.74, 6) is 0.853. The van der Waals surface area contributed by atoms with Crippen LogP contribution in [0.1, 0.15) is 55.7 Å². The monoisotopic (exact) mass is 436 g/mol. The van der Waals surface area contributed by atoms with Crippen LogP contribution in [0.3, 0.4) is 0 Å². The maximum atomic E-state index is 13.5. The third-order valence-corrected chi connectivity index (χ3v) is 7.68. The highest BCUT2D eigenvalue weighted by Crippen LogP contribution is 2.47. The van der Waals surface area contributed by atoms with Crippen LogP contribution in [0.2, 0.25) is 0 Å². The Morgan fingerprint density at radius 3 is 2.75 bits per heavy atom. The number of amidine groups is 1. The first-order valence-corrected chi connectivity index (χ1v) is 11.7. The molecular weight excluding hydrogens is 404 g/mol. The number of nitrogens with one attached hydrogen (secondary N) is 2. The number of cyclic esters (lactones) is 1. The van der Waals surface area contributed by atoms with Gasteiger partial charge in [-0.15, -0.1) is 0 Å². The Kier molecular flexibility index (Phi) is 5.32. The molecule has 170 valence electrons. The summed E-state index contributed by atoms with van der Waals surface area (Å²) in [4.78, 5) is 28.8. The summed E-state index contributed by atoms with van der Waals surface area (Å²) in [6, 6.07) is 6.81. The number of fused-ring (bicyclic) bond motifs is 1. The minimum Gasteiger partial charge on any atom is -0.456 e. The van der Waals surface area contributed by atoms with Gasteiger partial charge in [0.1, 0.15) is 12.4 Å². The van der Waals surface area contributed by atoms with Gasteiger partial charge in [-0.2, -0.15) is 0 Å². The molecule has 1 saturated carbocycles. The molecule has 7 heteroatoms. The molecule has 5 rings (SSSR count). The molecule has 2 N–H and O–H groups in total. The maximum Gasteiger partial charge on any atom is 0.333 e. The van der Waals surface area contributed by atoms with Crippen LogP contribution in [0, 0.1) is 16.7 Å². The van der Waals surface area contributed by atoms with Gasteiger partial charge in [-0.05, 0) is 49.1 Å². The lowest BCUT2D eigenvalue weighted by atomic mass is 9.65. The Bertz CT molecular complexity index is 993. The van der Waals surface area contributed by atoms with Crippen molar-refractivity contribution in [2.24, 2.45) is 11.3 Å². The van der Waals surface area contributed by atoms with Gasteiger partial charge in [0.05, 0.1) is 11.1 Å². The number of hydrogen-bond acceptors (Lipinski definition) is 5. The lowest BCUT2D eigenvalue weighted by Gasteiger charge is -2.48. The first-order chi connectivity index (χ1) is 15.3. The first kappa shape index (κ1) is 21.2. The summed E-state index contributed by atoms with van der Waals surface area (Å²) in [7, 11) is 1.96. The Morgan fingerprint density at radius 2 is 2.03 bits per heavy atom. The molecule has 7 nitrogen and oxygen atoms in total. The number of likely N-dealkylation sites (tertiary alicyclic amines) is 1. The van der Waals surface area contributed by atoms with Crippen molar-refractivity contribution in [3.63, 3.8) is 0 Å². The number of nitrogens with zero attached hydrogens (tertiary/aromatic N) is 2. The molecule has 3 heterocycles. The molecule has 1 aromatic carbocycles. The van der Waals surface area contributed by atoms with Gasteiger partial charge in [0.15, 0.2) is 0 Å². The van der Waals surface area contributed by atoms with Crippen LogP contribution >= 0.6 is 0 Å². The fourth-order valence-corrected chi connectivity index (χ4v) is 5.98. The molecule has 1 saturated heterocycles. The average Bonchev–Trinajstić information content (AvgIpc) is 3.33. The third kappa shape index (κ3) is 3.72. The fraction of sp³-hybridized carbons (Fsp3) is 0.560. The van der Waals surface area contributed by atoms with Crippen molar-refractivity contribution in [1.29, 1.82) is 5.41 Å². The van der Waals surface area contributed by atoms with E-state index in [1.165, 1.54) is 17.2 Å². The summed E-state index contributed by atoms with van der Waals surface area (Å²) < 4.78 is 5.06. The molecule has 1 aromatic rings. The van der Waals surface area contributed by atoms with Gasteiger partial charge >= 0.3 is 5.97 Å². The standard InChI is InChI=1S/C25H32N4O3/c1-16-11-25(24(31)29(13-16)20-10-22(30)32-15-20)7-5-19(6-8-25)27-12-17-3-4-21-18(9-17)14-28(2)23(21)26/h3-4,9-10,16,19,26-27H,5-8,11-15H2,1-2H3/t16-,19-,25-/m0/s1. The lowest BCUT2D eigenvalue weighted by Crippen LogP contribution is -2.53. The maximum absolute atomic E-state index is 13.5. The smallest absolute Gasteiger partial charge is 0.333 e. The number of rotatable bonds is 4. The molecule has 3 aliphatic heterocycles. The van der Waals surface area contributed by atoms with Crippen LogP contribution in [0.5, 0.6) is 0 Å². The minimum absolute atomic E-state index is 0.184. The van der Waals surface area contributed by atoms with E-state index in [-0.39, 0.29) is 23.9 Å². The van der Waals surface area contributed by atoms with Crippen molar-refractivity contribution < 1.29 is 14.3 Å². The summed E-state index contributed by atoms with van der Waals surface area (Å²) in [6.45, 7) is 4.71. The number of carbonyl (C=O) groups excluding carboxylic acids is 2. The Hall–Kier alpha value is -2.67. The molecule has 0 radical (unpaired) electrons. The van der Waals surface area contributed by atoms with Gasteiger partial charge in [0.2, 0.25) is 5.91 Å². The molecule has 1 atom stereocenters. The van der Waals surface area contributed by atoms with E-state index in [0.29, 0.717) is 24.3 Å². The molecule has 1 spiro atoms. The van der Waals surface area contributed by atoms with Gasteiger partial charge in [-0.25, -0.2) is 4.79 Å². The van der Waals surface area contributed by atoms with Crippen LogP contribution in [0.25, 0.3) is 0 Å². The molecule has 0 bridgehead atoms. The second-order valence-electron chi connectivity index (χ2n) is 10.1. The lowest BCUT2D eigenvalue weighted by molar-refractivity contribution is -0.149. The molecule has 4 aliphatic rings. The summed E-state index contributed by atoms with van der Waals surface area (Å²) in [5.41, 5.74) is 3.93. The second-order valence-corrected chi connectivity index (χ2v) is 10.1. The van der Waals surface area contributed by atoms with Crippen molar-refractivity contribution in [3.8, 4) is 0 Å². The van der Waals surface area contributed by atoms with Crippen molar-refractivity contribution in [1.82, 2.24) is 15.1 Å². The average molecular weight is 437 g/mol. The second kappa shape index (κ2) is 8.03. The molecular formula is C25H32N4O3. The Balaban J connectivity index is 1.20. The number of piperidine rings is 1. The van der Waals surface area contributed by atoms with E-state index in [1.807, 2.05) is 16.8 Å². The first-order valence-electron chi connectivity index (χ1n) is 11.7. The SMILES string of the molecule is C[C@@H]1CN(C2=CC(=O)OC2)C(=O)[C@]2(CC[C@H](NCc3ccc4c(c3)CN(C)C4=N)CC2)C1. The largest absolute Gasteiger partial charge is 0.456 e. The zero-order valence-electron chi connectivity index (χ0n) is 18.9. The highest BCUT2D eigenvalue weighted by molar-refractivity contribution is 6.00. The van der Waals surface area contributed by atoms with E-state index in [2.05, 4.69) is 30.4 Å². The quantitative estimate of drug-likeness (QED) is 0.709. The van der Waals surface area contributed by atoms with Gasteiger partial charge in [0, 0.05) is 44.4 Å². The van der Waals surface area contributed by atoms with E-state index in [9.17, 15) is 9.59 Å². The Morgan fingerprint density at radius 1 is 1.25 bits per heavy atom. The summed E-state index contributed by atoms with van der Waals surface area (Å²) in [5, 5.41) is 11.8. The molecule has 0 unspecified atom stereocenters. The third-order valence-electron chi connectivity index (χ3n) is 7.68. The predicted octanol–water partition coefficient (Wildman–Crippen LogP) is 2.79. The van der Waals surface area contributed by atoms with Crippen molar-refractivity contribution in [3.05, 3.63) is 46.7 Å². The van der Waals surface area contributed by atoms with Gasteiger partial charge in [-0.3, -0.25) is 10.2 Å². The van der Waals surface area contributed by atoms with E-state index in [4.69, 9.17) is 10.1 Å². The number of carbonyl (C=O) groups is 2. The number of benzene rings is 1. The fourth-order valence-electron chi connectivity index (χ4n) is 5.98. The van der Waals surface area contributed by atoms with Crippen LogP contribution in [0.4, 0.5) is 0 Å². The van der Waals surface area contributed by atoms with E-state index in [1.54, 1.807) is 0 Å². The minimum atomic E-state index is -0.344. The van der Waals surface area contributed by atoms with Crippen LogP contribution in [-0.2, 0) is 27.4 Å². The van der Waals surface area contributed by atoms with Crippen molar-refractivity contribution in [2.75, 3.05) is 20.2 Å². The highest BCUT2D eigenvalue weighted by atomic mass is 16.5. The van der Waals surface area contributed by atoms with Gasteiger partial charge < -0.3 is 19.9 Å². The number of amides is 1. The van der Waals surface area contributed by atoms with Crippen LogP contribution < -0.4 is 5.32 Å². The highest BCUT2D eigenvalue weighted by Gasteiger charge is 2.49. The predicted molar refractivity (Wildman–Crippen MR) is 121 cm³/mol. The number of hydrogen-bond donors (Lipinski definition) is 2. The number of esters is 1. The summed E-state index contributed by atoms with van der Waals surface area (Å²) >= 11 is 0. The van der Waals surface area contributed by atoms with E-state index in [0.717, 1.165) is 56.5 Å². The molecule has 1 aliphatic carbocycles. The van der Waals surface area contributed by atoms with E-state index >= 15 is 0 Å². The van der Waals surface area contributed by atoms with Crippen LogP contribution in [-0.4, -0.2) is 53.8 Å². The zero-order chi connectivity index (χ0) is 22.5. The van der Waals surface area contributed by atoms with Crippen molar-refractivity contribution in [2.45, 2.75) is 58.2 Å². The van der Waals surface area contributed by atoms with Gasteiger partial charge in [-0.1, -0.05) is 25.1 Å². The summed E-state index contributed by atoms with van der Waals surface area (Å²) in [6.07, 6.45) is 6.16.